The van der Waals surface area contributed by atoms with E-state index in [1.807, 2.05) is 0 Å². The molecule has 10 heavy (non-hydrogen) atoms. The zero-order valence-corrected chi connectivity index (χ0v) is 6.13. The van der Waals surface area contributed by atoms with E-state index < -0.39 is 11.9 Å². The van der Waals surface area contributed by atoms with Crippen LogP contribution in [0.1, 0.15) is 26.7 Å². The Morgan fingerprint density at radius 3 is 2.00 bits per heavy atom. The van der Waals surface area contributed by atoms with Gasteiger partial charge >= 0.3 is 6.16 Å². The van der Waals surface area contributed by atoms with Crippen LogP contribution in [0.2, 0.25) is 0 Å². The molecular formula is C6H12O4. The quantitative estimate of drug-likeness (QED) is 0.466. The SMILES string of the molecule is CCC(O)(CC)OC(=O)O. The van der Waals surface area contributed by atoms with E-state index in [1.54, 1.807) is 13.8 Å². The lowest BCUT2D eigenvalue weighted by Crippen LogP contribution is -2.32. The molecule has 0 aromatic heterocycles. The second-order valence-corrected chi connectivity index (χ2v) is 2.02. The summed E-state index contributed by atoms with van der Waals surface area (Å²) in [5, 5.41) is 17.3. The van der Waals surface area contributed by atoms with Crippen LogP contribution in [-0.4, -0.2) is 22.2 Å². The Balaban J connectivity index is 3.92. The summed E-state index contributed by atoms with van der Waals surface area (Å²) in [6, 6.07) is 0. The van der Waals surface area contributed by atoms with Crippen LogP contribution in [0.3, 0.4) is 0 Å². The number of carbonyl (C=O) groups is 1. The van der Waals surface area contributed by atoms with Crippen LogP contribution in [0.25, 0.3) is 0 Å². The Labute approximate surface area is 59.4 Å². The van der Waals surface area contributed by atoms with Crippen LogP contribution in [0.4, 0.5) is 4.79 Å². The number of carboxylic acid groups (broad SMARTS) is 1. The minimum atomic E-state index is -1.49. The highest BCUT2D eigenvalue weighted by Crippen LogP contribution is 2.15. The van der Waals surface area contributed by atoms with Crippen molar-refractivity contribution in [1.82, 2.24) is 0 Å². The molecule has 0 rings (SSSR count). The van der Waals surface area contributed by atoms with Crippen molar-refractivity contribution in [1.29, 1.82) is 0 Å². The Morgan fingerprint density at radius 1 is 1.50 bits per heavy atom. The first-order valence-corrected chi connectivity index (χ1v) is 3.18. The molecule has 0 bridgehead atoms. The average Bonchev–Trinajstić information content (AvgIpc) is 1.87. The number of rotatable bonds is 3. The molecule has 60 valence electrons. The lowest BCUT2D eigenvalue weighted by molar-refractivity contribution is -0.175. The van der Waals surface area contributed by atoms with E-state index in [0.29, 0.717) is 0 Å². The Hall–Kier alpha value is -0.770. The van der Waals surface area contributed by atoms with Crippen molar-refractivity contribution in [3.63, 3.8) is 0 Å². The molecule has 0 saturated heterocycles. The summed E-state index contributed by atoms with van der Waals surface area (Å²) in [6.07, 6.45) is -0.891. The molecule has 4 nitrogen and oxygen atoms in total. The molecule has 0 spiro atoms. The monoisotopic (exact) mass is 148 g/mol. The van der Waals surface area contributed by atoms with E-state index in [0.717, 1.165) is 0 Å². The van der Waals surface area contributed by atoms with Crippen molar-refractivity contribution >= 4 is 6.16 Å². The van der Waals surface area contributed by atoms with Crippen molar-refractivity contribution in [3.8, 4) is 0 Å². The third kappa shape index (κ3) is 2.68. The van der Waals surface area contributed by atoms with Gasteiger partial charge in [-0.2, -0.15) is 0 Å². The molecule has 2 N–H and O–H groups in total. The van der Waals surface area contributed by atoms with E-state index in [9.17, 15) is 9.90 Å². The molecule has 0 aliphatic carbocycles. The van der Waals surface area contributed by atoms with Crippen LogP contribution in [0.5, 0.6) is 0 Å². The molecular weight excluding hydrogens is 136 g/mol. The van der Waals surface area contributed by atoms with Crippen LogP contribution in [0, 0.1) is 0 Å². The third-order valence-electron chi connectivity index (χ3n) is 1.38. The molecule has 0 radical (unpaired) electrons. The number of ether oxygens (including phenoxy) is 1. The zero-order valence-electron chi connectivity index (χ0n) is 6.13. The van der Waals surface area contributed by atoms with Gasteiger partial charge in [0, 0.05) is 12.8 Å². The summed E-state index contributed by atoms with van der Waals surface area (Å²) in [6.45, 7) is 3.32. The molecule has 0 amide bonds. The first kappa shape index (κ1) is 9.23. The zero-order chi connectivity index (χ0) is 8.20. The molecule has 0 aromatic rings. The van der Waals surface area contributed by atoms with Crippen LogP contribution >= 0.6 is 0 Å². The van der Waals surface area contributed by atoms with Gasteiger partial charge in [0.15, 0.2) is 0 Å². The number of aliphatic hydroxyl groups is 1. The molecule has 0 aliphatic rings. The average molecular weight is 148 g/mol. The van der Waals surface area contributed by atoms with E-state index in [4.69, 9.17) is 5.11 Å². The lowest BCUT2D eigenvalue weighted by atomic mass is 10.1. The smallest absolute Gasteiger partial charge is 0.450 e. The fourth-order valence-corrected chi connectivity index (χ4v) is 0.557. The summed E-state index contributed by atoms with van der Waals surface area (Å²) >= 11 is 0. The van der Waals surface area contributed by atoms with Crippen molar-refractivity contribution in [2.45, 2.75) is 32.5 Å². The first-order chi connectivity index (χ1) is 4.54. The van der Waals surface area contributed by atoms with Crippen molar-refractivity contribution < 1.29 is 19.7 Å². The second kappa shape index (κ2) is 3.41. The molecule has 0 atom stereocenters. The Bertz CT molecular complexity index is 117. The van der Waals surface area contributed by atoms with Crippen LogP contribution in [0.15, 0.2) is 0 Å². The van der Waals surface area contributed by atoms with Gasteiger partial charge in [0.2, 0.25) is 5.79 Å². The van der Waals surface area contributed by atoms with Crippen molar-refractivity contribution in [2.75, 3.05) is 0 Å². The highest BCUT2D eigenvalue weighted by atomic mass is 16.7. The predicted octanol–water partition coefficient (Wildman–Crippen LogP) is 1.19. The summed E-state index contributed by atoms with van der Waals surface area (Å²) in [4.78, 5) is 9.95. The number of hydrogen-bond donors (Lipinski definition) is 2. The van der Waals surface area contributed by atoms with Crippen molar-refractivity contribution in [3.05, 3.63) is 0 Å². The van der Waals surface area contributed by atoms with Crippen molar-refractivity contribution in [2.24, 2.45) is 0 Å². The highest BCUT2D eigenvalue weighted by Gasteiger charge is 2.26. The topological polar surface area (TPSA) is 66.8 Å². The molecule has 0 unspecified atom stereocenters. The molecule has 0 heterocycles. The normalized spacial score (nSPS) is 11.1. The van der Waals surface area contributed by atoms with Gasteiger partial charge in [0.05, 0.1) is 0 Å². The second-order valence-electron chi connectivity index (χ2n) is 2.02. The largest absolute Gasteiger partial charge is 0.508 e. The van der Waals surface area contributed by atoms with E-state index >= 15 is 0 Å². The summed E-state index contributed by atoms with van der Waals surface area (Å²) in [5.74, 6) is -1.49. The maximum absolute atomic E-state index is 9.95. The van der Waals surface area contributed by atoms with E-state index in [1.165, 1.54) is 0 Å². The third-order valence-corrected chi connectivity index (χ3v) is 1.38. The molecule has 0 saturated carbocycles. The Morgan fingerprint density at radius 2 is 1.90 bits per heavy atom. The van der Waals surface area contributed by atoms with Crippen LogP contribution < -0.4 is 0 Å². The molecule has 0 aromatic carbocycles. The standard InChI is InChI=1S/C6H12O4/c1-3-6(9,4-2)10-5(7)8/h9H,3-4H2,1-2H3,(H,7,8). The van der Waals surface area contributed by atoms with E-state index in [2.05, 4.69) is 4.74 Å². The molecule has 4 heteroatoms. The molecule has 0 aliphatic heterocycles. The fraction of sp³-hybridized carbons (Fsp3) is 0.833. The van der Waals surface area contributed by atoms with Gasteiger partial charge in [-0.25, -0.2) is 4.79 Å². The fourth-order valence-electron chi connectivity index (χ4n) is 0.557. The minimum absolute atomic E-state index is 0.274. The van der Waals surface area contributed by atoms with Gasteiger partial charge in [-0.15, -0.1) is 0 Å². The Kier molecular flexibility index (Phi) is 3.15. The van der Waals surface area contributed by atoms with Gasteiger partial charge in [-0.3, -0.25) is 0 Å². The van der Waals surface area contributed by atoms with Gasteiger partial charge < -0.3 is 14.9 Å². The van der Waals surface area contributed by atoms with E-state index in [-0.39, 0.29) is 12.8 Å². The van der Waals surface area contributed by atoms with Gasteiger partial charge in [-0.05, 0) is 0 Å². The molecule has 0 fully saturated rings. The maximum Gasteiger partial charge on any atom is 0.508 e. The predicted molar refractivity (Wildman–Crippen MR) is 34.6 cm³/mol. The summed E-state index contributed by atoms with van der Waals surface area (Å²) in [5.41, 5.74) is 0. The maximum atomic E-state index is 9.95. The first-order valence-electron chi connectivity index (χ1n) is 3.18. The summed E-state index contributed by atoms with van der Waals surface area (Å²) in [7, 11) is 0. The highest BCUT2D eigenvalue weighted by molar-refractivity contribution is 5.57. The minimum Gasteiger partial charge on any atom is -0.450 e. The van der Waals surface area contributed by atoms with Gasteiger partial charge in [0.25, 0.3) is 0 Å². The lowest BCUT2D eigenvalue weighted by Gasteiger charge is -2.22. The van der Waals surface area contributed by atoms with Gasteiger partial charge in [0.1, 0.15) is 0 Å². The van der Waals surface area contributed by atoms with Crippen LogP contribution in [-0.2, 0) is 4.74 Å². The summed E-state index contributed by atoms with van der Waals surface area (Å²) < 4.78 is 4.21. The number of hydrogen-bond acceptors (Lipinski definition) is 3. The van der Waals surface area contributed by atoms with Gasteiger partial charge in [-0.1, -0.05) is 13.8 Å².